The van der Waals surface area contributed by atoms with Gasteiger partial charge in [0.2, 0.25) is 5.91 Å². The van der Waals surface area contributed by atoms with Crippen molar-refractivity contribution in [1.82, 2.24) is 15.2 Å². The first-order valence-electron chi connectivity index (χ1n) is 7.74. The normalized spacial score (nSPS) is 19.7. The van der Waals surface area contributed by atoms with Crippen LogP contribution in [0.3, 0.4) is 0 Å². The highest BCUT2D eigenvalue weighted by Gasteiger charge is 2.22. The molecule has 4 nitrogen and oxygen atoms in total. The van der Waals surface area contributed by atoms with Gasteiger partial charge < -0.3 is 10.2 Å². The molecular formula is C16H23N3O. The summed E-state index contributed by atoms with van der Waals surface area (Å²) in [5.74, 6) is 1.05. The molecule has 1 fully saturated rings. The van der Waals surface area contributed by atoms with Crippen LogP contribution in [0.4, 0.5) is 0 Å². The predicted molar refractivity (Wildman–Crippen MR) is 78.2 cm³/mol. The number of pyridine rings is 1. The Kier molecular flexibility index (Phi) is 4.31. The molecule has 0 aliphatic carbocycles. The van der Waals surface area contributed by atoms with Crippen molar-refractivity contribution in [3.8, 4) is 0 Å². The molecule has 0 bridgehead atoms. The van der Waals surface area contributed by atoms with E-state index in [4.69, 9.17) is 0 Å². The number of carbonyl (C=O) groups is 1. The van der Waals surface area contributed by atoms with Gasteiger partial charge in [0, 0.05) is 37.8 Å². The van der Waals surface area contributed by atoms with Gasteiger partial charge in [-0.25, -0.2) is 0 Å². The number of nitrogens with zero attached hydrogens (tertiary/aromatic N) is 2. The van der Waals surface area contributed by atoms with Crippen LogP contribution in [0.25, 0.3) is 0 Å². The van der Waals surface area contributed by atoms with Crippen LogP contribution in [-0.2, 0) is 17.8 Å². The van der Waals surface area contributed by atoms with Crippen molar-refractivity contribution in [2.45, 2.75) is 38.6 Å². The van der Waals surface area contributed by atoms with Gasteiger partial charge in [-0.3, -0.25) is 9.78 Å². The zero-order valence-electron chi connectivity index (χ0n) is 12.0. The van der Waals surface area contributed by atoms with E-state index in [0.29, 0.717) is 12.3 Å². The molecular weight excluding hydrogens is 250 g/mol. The Morgan fingerprint density at radius 3 is 3.10 bits per heavy atom. The molecule has 2 aliphatic heterocycles. The summed E-state index contributed by atoms with van der Waals surface area (Å²) in [4.78, 5) is 18.7. The molecule has 0 aromatic carbocycles. The van der Waals surface area contributed by atoms with Crippen molar-refractivity contribution >= 4 is 5.91 Å². The molecule has 1 amide bonds. The molecule has 2 aliphatic rings. The first kappa shape index (κ1) is 13.6. The standard InChI is InChI=1S/C16H23N3O/c20-16(4-3-13-5-9-17-10-6-13)19-11-7-15-14(12-19)2-1-8-18-15/h1-2,8,13,17H,3-7,9-12H2. The van der Waals surface area contributed by atoms with E-state index in [1.54, 1.807) is 0 Å². The number of hydrogen-bond donors (Lipinski definition) is 1. The Morgan fingerprint density at radius 2 is 2.25 bits per heavy atom. The number of fused-ring (bicyclic) bond motifs is 1. The van der Waals surface area contributed by atoms with Crippen molar-refractivity contribution < 1.29 is 4.79 Å². The number of aromatic nitrogens is 1. The summed E-state index contributed by atoms with van der Waals surface area (Å²) < 4.78 is 0. The van der Waals surface area contributed by atoms with E-state index >= 15 is 0 Å². The summed E-state index contributed by atoms with van der Waals surface area (Å²) in [6.45, 7) is 3.80. The third kappa shape index (κ3) is 3.18. The second-order valence-electron chi connectivity index (χ2n) is 5.91. The SMILES string of the molecule is O=C(CCC1CCNCC1)N1CCc2ncccc2C1. The van der Waals surface area contributed by atoms with Gasteiger partial charge >= 0.3 is 0 Å². The predicted octanol–water partition coefficient (Wildman–Crippen LogP) is 1.75. The Bertz CT molecular complexity index is 469. The third-order valence-electron chi connectivity index (χ3n) is 4.54. The lowest BCUT2D eigenvalue weighted by atomic mass is 9.93. The fourth-order valence-corrected chi connectivity index (χ4v) is 3.23. The van der Waals surface area contributed by atoms with Crippen molar-refractivity contribution in [3.63, 3.8) is 0 Å². The van der Waals surface area contributed by atoms with Gasteiger partial charge in [-0.05, 0) is 49.9 Å². The molecule has 3 rings (SSSR count). The molecule has 0 radical (unpaired) electrons. The molecule has 108 valence electrons. The summed E-state index contributed by atoms with van der Waals surface area (Å²) in [7, 11) is 0. The Hall–Kier alpha value is -1.42. The Morgan fingerprint density at radius 1 is 1.40 bits per heavy atom. The maximum Gasteiger partial charge on any atom is 0.222 e. The highest BCUT2D eigenvalue weighted by atomic mass is 16.2. The first-order valence-corrected chi connectivity index (χ1v) is 7.74. The number of carbonyl (C=O) groups excluding carboxylic acids is 1. The zero-order valence-corrected chi connectivity index (χ0v) is 12.0. The topological polar surface area (TPSA) is 45.2 Å². The van der Waals surface area contributed by atoms with Gasteiger partial charge in [0.1, 0.15) is 0 Å². The summed E-state index contributed by atoms with van der Waals surface area (Å²) in [5.41, 5.74) is 2.38. The quantitative estimate of drug-likeness (QED) is 0.912. The number of rotatable bonds is 3. The monoisotopic (exact) mass is 273 g/mol. The van der Waals surface area contributed by atoms with Crippen molar-refractivity contribution in [2.75, 3.05) is 19.6 Å². The van der Waals surface area contributed by atoms with Gasteiger partial charge in [0.15, 0.2) is 0 Å². The average Bonchev–Trinajstić information content (AvgIpc) is 2.53. The van der Waals surface area contributed by atoms with Crippen molar-refractivity contribution in [1.29, 1.82) is 0 Å². The summed E-state index contributed by atoms with van der Waals surface area (Å²) in [6.07, 6.45) is 6.94. The van der Waals surface area contributed by atoms with Gasteiger partial charge in [-0.1, -0.05) is 6.07 Å². The molecule has 0 atom stereocenters. The van der Waals surface area contributed by atoms with E-state index in [9.17, 15) is 4.79 Å². The minimum absolute atomic E-state index is 0.318. The highest BCUT2D eigenvalue weighted by molar-refractivity contribution is 5.76. The van der Waals surface area contributed by atoms with Crippen LogP contribution in [0.1, 0.15) is 36.9 Å². The number of hydrogen-bond acceptors (Lipinski definition) is 3. The molecule has 0 saturated carbocycles. The fraction of sp³-hybridized carbons (Fsp3) is 0.625. The van der Waals surface area contributed by atoms with Gasteiger partial charge in [0.05, 0.1) is 0 Å². The second-order valence-corrected chi connectivity index (χ2v) is 5.91. The molecule has 1 aromatic heterocycles. The Balaban J connectivity index is 1.51. The molecule has 0 spiro atoms. The van der Waals surface area contributed by atoms with Crippen molar-refractivity contribution in [3.05, 3.63) is 29.6 Å². The molecule has 0 unspecified atom stereocenters. The molecule has 1 saturated heterocycles. The van der Waals surface area contributed by atoms with Gasteiger partial charge in [-0.2, -0.15) is 0 Å². The minimum atomic E-state index is 0.318. The van der Waals surface area contributed by atoms with Gasteiger partial charge in [-0.15, -0.1) is 0 Å². The summed E-state index contributed by atoms with van der Waals surface area (Å²) in [6, 6.07) is 4.05. The van der Waals surface area contributed by atoms with Crippen LogP contribution in [0.2, 0.25) is 0 Å². The van der Waals surface area contributed by atoms with Crippen LogP contribution in [0.15, 0.2) is 18.3 Å². The van der Waals surface area contributed by atoms with Crippen molar-refractivity contribution in [2.24, 2.45) is 5.92 Å². The van der Waals surface area contributed by atoms with Gasteiger partial charge in [0.25, 0.3) is 0 Å². The fourth-order valence-electron chi connectivity index (χ4n) is 3.23. The van der Waals surface area contributed by atoms with Crippen LogP contribution in [0.5, 0.6) is 0 Å². The van der Waals surface area contributed by atoms with E-state index in [-0.39, 0.29) is 0 Å². The molecule has 1 aromatic rings. The van der Waals surface area contributed by atoms with Crippen LogP contribution in [0, 0.1) is 5.92 Å². The minimum Gasteiger partial charge on any atom is -0.338 e. The zero-order chi connectivity index (χ0) is 13.8. The molecule has 3 heterocycles. The number of amides is 1. The van der Waals surface area contributed by atoms with E-state index < -0.39 is 0 Å². The molecule has 20 heavy (non-hydrogen) atoms. The highest BCUT2D eigenvalue weighted by Crippen LogP contribution is 2.21. The average molecular weight is 273 g/mol. The lowest BCUT2D eigenvalue weighted by Crippen LogP contribution is -2.36. The van der Waals surface area contributed by atoms with Crippen LogP contribution in [-0.4, -0.2) is 35.4 Å². The number of nitrogens with one attached hydrogen (secondary N) is 1. The summed E-state index contributed by atoms with van der Waals surface area (Å²) >= 11 is 0. The van der Waals surface area contributed by atoms with E-state index in [2.05, 4.69) is 16.4 Å². The maximum absolute atomic E-state index is 12.3. The lowest BCUT2D eigenvalue weighted by Gasteiger charge is -2.29. The van der Waals surface area contributed by atoms with E-state index in [1.165, 1.54) is 18.4 Å². The van der Waals surface area contributed by atoms with E-state index in [0.717, 1.165) is 50.6 Å². The van der Waals surface area contributed by atoms with E-state index in [1.807, 2.05) is 17.2 Å². The molecule has 1 N–H and O–H groups in total. The second kappa shape index (κ2) is 6.35. The Labute approximate surface area is 120 Å². The van der Waals surface area contributed by atoms with Crippen LogP contribution >= 0.6 is 0 Å². The summed E-state index contributed by atoms with van der Waals surface area (Å²) in [5, 5.41) is 3.37. The molecule has 4 heteroatoms. The largest absolute Gasteiger partial charge is 0.338 e. The number of piperidine rings is 1. The smallest absolute Gasteiger partial charge is 0.222 e. The maximum atomic E-state index is 12.3. The van der Waals surface area contributed by atoms with Crippen LogP contribution < -0.4 is 5.32 Å². The first-order chi connectivity index (χ1) is 9.83. The third-order valence-corrected chi connectivity index (χ3v) is 4.54. The lowest BCUT2D eigenvalue weighted by molar-refractivity contribution is -0.132.